The fraction of sp³-hybridized carbons (Fsp3) is 0.500. The molecule has 0 radical (unpaired) electrons. The molecule has 8 heteroatoms. The molecule has 152 valence electrons. The van der Waals surface area contributed by atoms with Crippen LogP contribution >= 0.6 is 0 Å². The first-order chi connectivity index (χ1) is 13.1. The van der Waals surface area contributed by atoms with Crippen LogP contribution in [0, 0.1) is 22.0 Å². The Morgan fingerprint density at radius 3 is 2.29 bits per heavy atom. The molecule has 0 heterocycles. The lowest BCUT2D eigenvalue weighted by atomic mass is 10.1. The number of benzene rings is 1. The zero-order valence-electron chi connectivity index (χ0n) is 16.4. The molecule has 0 aliphatic carbocycles. The van der Waals surface area contributed by atoms with Crippen LogP contribution in [0.5, 0.6) is 0 Å². The fourth-order valence-corrected chi connectivity index (χ4v) is 2.25. The predicted molar refractivity (Wildman–Crippen MR) is 104 cm³/mol. The first-order valence-electron chi connectivity index (χ1n) is 9.07. The highest BCUT2D eigenvalue weighted by Gasteiger charge is 2.26. The van der Waals surface area contributed by atoms with Gasteiger partial charge in [-0.3, -0.25) is 10.1 Å². The number of non-ortho nitro benzene ring substituents is 1. The zero-order chi connectivity index (χ0) is 21.2. The van der Waals surface area contributed by atoms with E-state index < -0.39 is 22.7 Å². The van der Waals surface area contributed by atoms with Gasteiger partial charge in [-0.15, -0.1) is 0 Å². The second kappa shape index (κ2) is 10.9. The first-order valence-corrected chi connectivity index (χ1v) is 9.07. The van der Waals surface area contributed by atoms with Crippen molar-refractivity contribution in [2.75, 3.05) is 6.54 Å². The summed E-state index contributed by atoms with van der Waals surface area (Å²) in [5.41, 5.74) is 0.0139. The average Bonchev–Trinajstić information content (AvgIpc) is 2.58. The summed E-state index contributed by atoms with van der Waals surface area (Å²) in [6, 6.07) is 6.07. The van der Waals surface area contributed by atoms with Gasteiger partial charge in [0.15, 0.2) is 0 Å². The van der Waals surface area contributed by atoms with Crippen molar-refractivity contribution in [2.24, 2.45) is 0 Å². The van der Waals surface area contributed by atoms with Gasteiger partial charge in [-0.1, -0.05) is 24.7 Å². The Hall–Kier alpha value is -3.08. The SMILES string of the molecule is CC(C)(C)OC(=O)N(CCCCCCC#Cc1ccc([N+](=O)[O-])cc1)C(=O)O. The van der Waals surface area contributed by atoms with Crippen molar-refractivity contribution in [1.82, 2.24) is 4.90 Å². The van der Waals surface area contributed by atoms with Gasteiger partial charge in [0.2, 0.25) is 0 Å². The number of nitro groups is 1. The molecule has 0 bridgehead atoms. The van der Waals surface area contributed by atoms with E-state index in [2.05, 4.69) is 11.8 Å². The number of unbranched alkanes of at least 4 members (excludes halogenated alkanes) is 4. The van der Waals surface area contributed by atoms with Gasteiger partial charge in [0.05, 0.1) is 4.92 Å². The number of ether oxygens (including phenoxy) is 1. The lowest BCUT2D eigenvalue weighted by Gasteiger charge is -2.24. The van der Waals surface area contributed by atoms with E-state index in [0.29, 0.717) is 17.7 Å². The van der Waals surface area contributed by atoms with Gasteiger partial charge in [-0.05, 0) is 45.7 Å². The van der Waals surface area contributed by atoms with Crippen LogP contribution in [0.3, 0.4) is 0 Å². The molecule has 1 aromatic carbocycles. The molecular formula is C20H26N2O6. The van der Waals surface area contributed by atoms with Crippen molar-refractivity contribution < 1.29 is 24.4 Å². The number of amides is 2. The normalized spacial score (nSPS) is 10.5. The topological polar surface area (TPSA) is 110 Å². The van der Waals surface area contributed by atoms with Crippen LogP contribution in [0.4, 0.5) is 15.3 Å². The number of carbonyl (C=O) groups is 2. The Morgan fingerprint density at radius 1 is 1.14 bits per heavy atom. The molecule has 8 nitrogen and oxygen atoms in total. The minimum Gasteiger partial charge on any atom is -0.465 e. The molecule has 0 saturated heterocycles. The van der Waals surface area contributed by atoms with Gasteiger partial charge < -0.3 is 9.84 Å². The van der Waals surface area contributed by atoms with Gasteiger partial charge >= 0.3 is 12.2 Å². The van der Waals surface area contributed by atoms with Crippen LogP contribution in [0.1, 0.15) is 58.4 Å². The summed E-state index contributed by atoms with van der Waals surface area (Å²) in [7, 11) is 0. The van der Waals surface area contributed by atoms with Gasteiger partial charge in [-0.25, -0.2) is 14.5 Å². The molecule has 1 N–H and O–H groups in total. The number of carbonyl (C=O) groups excluding carboxylic acids is 1. The minimum atomic E-state index is -1.32. The largest absolute Gasteiger partial charge is 0.465 e. The van der Waals surface area contributed by atoms with E-state index in [-0.39, 0.29) is 12.2 Å². The Kier molecular flexibility index (Phi) is 8.96. The molecule has 0 fully saturated rings. The van der Waals surface area contributed by atoms with Crippen LogP contribution in [0.15, 0.2) is 24.3 Å². The standard InChI is InChI=1S/C20H26N2O6/c1-20(2,3)28-19(25)21(18(23)24)15-9-7-5-4-6-8-10-16-11-13-17(14-12-16)22(26)27/h11-14H,4-7,9,15H2,1-3H3,(H,23,24). The van der Waals surface area contributed by atoms with E-state index in [9.17, 15) is 19.7 Å². The third kappa shape index (κ3) is 9.03. The highest BCUT2D eigenvalue weighted by atomic mass is 16.6. The first kappa shape index (κ1) is 23.0. The van der Waals surface area contributed by atoms with E-state index in [1.54, 1.807) is 32.9 Å². The van der Waals surface area contributed by atoms with Gasteiger partial charge in [-0.2, -0.15) is 0 Å². The van der Waals surface area contributed by atoms with Crippen molar-refractivity contribution in [2.45, 2.75) is 58.5 Å². The summed E-state index contributed by atoms with van der Waals surface area (Å²) in [5, 5.41) is 19.7. The Labute approximate surface area is 164 Å². The third-order valence-corrected chi connectivity index (χ3v) is 3.59. The highest BCUT2D eigenvalue weighted by molar-refractivity contribution is 5.86. The number of nitrogens with zero attached hydrogens (tertiary/aromatic N) is 2. The van der Waals surface area contributed by atoms with Crippen molar-refractivity contribution in [3.63, 3.8) is 0 Å². The van der Waals surface area contributed by atoms with E-state index in [0.717, 1.165) is 24.8 Å². The maximum atomic E-state index is 11.9. The number of rotatable bonds is 7. The Bertz CT molecular complexity index is 741. The van der Waals surface area contributed by atoms with Crippen LogP contribution in [-0.2, 0) is 4.74 Å². The Balaban J connectivity index is 2.29. The van der Waals surface area contributed by atoms with Crippen molar-refractivity contribution in [3.05, 3.63) is 39.9 Å². The maximum absolute atomic E-state index is 11.9. The quantitative estimate of drug-likeness (QED) is 0.309. The summed E-state index contributed by atoms with van der Waals surface area (Å²) < 4.78 is 5.08. The smallest absolute Gasteiger partial charge is 0.419 e. The van der Waals surface area contributed by atoms with Gasteiger partial charge in [0, 0.05) is 30.7 Å². The molecule has 0 aliphatic rings. The predicted octanol–water partition coefficient (Wildman–Crippen LogP) is 4.81. The minimum absolute atomic E-state index is 0.0346. The van der Waals surface area contributed by atoms with E-state index in [4.69, 9.17) is 9.84 Å². The molecule has 0 aliphatic heterocycles. The van der Waals surface area contributed by atoms with Crippen LogP contribution < -0.4 is 0 Å². The molecule has 0 atom stereocenters. The average molecular weight is 390 g/mol. The number of carboxylic acid groups (broad SMARTS) is 1. The Morgan fingerprint density at radius 2 is 1.75 bits per heavy atom. The van der Waals surface area contributed by atoms with Crippen molar-refractivity contribution >= 4 is 17.9 Å². The summed E-state index contributed by atoms with van der Waals surface area (Å²) >= 11 is 0. The van der Waals surface area contributed by atoms with Crippen molar-refractivity contribution in [1.29, 1.82) is 0 Å². The second-order valence-electron chi connectivity index (χ2n) is 7.18. The molecule has 28 heavy (non-hydrogen) atoms. The molecule has 0 spiro atoms. The molecule has 1 aromatic rings. The van der Waals surface area contributed by atoms with Crippen molar-refractivity contribution in [3.8, 4) is 11.8 Å². The maximum Gasteiger partial charge on any atom is 0.419 e. The summed E-state index contributed by atoms with van der Waals surface area (Å²) in [6.45, 7) is 5.15. The summed E-state index contributed by atoms with van der Waals surface area (Å²) in [4.78, 5) is 33.9. The molecule has 1 rings (SSSR count). The second-order valence-corrected chi connectivity index (χ2v) is 7.18. The number of nitro benzene ring substituents is 1. The van der Waals surface area contributed by atoms with Gasteiger partial charge in [0.25, 0.3) is 5.69 Å². The molecule has 0 saturated carbocycles. The lowest BCUT2D eigenvalue weighted by molar-refractivity contribution is -0.384. The van der Waals surface area contributed by atoms with E-state index in [1.165, 1.54) is 12.1 Å². The van der Waals surface area contributed by atoms with Crippen LogP contribution in [0.2, 0.25) is 0 Å². The monoisotopic (exact) mass is 390 g/mol. The summed E-state index contributed by atoms with van der Waals surface area (Å²) in [5.74, 6) is 5.97. The van der Waals surface area contributed by atoms with E-state index in [1.807, 2.05) is 0 Å². The third-order valence-electron chi connectivity index (χ3n) is 3.59. The molecular weight excluding hydrogens is 364 g/mol. The molecule has 0 aromatic heterocycles. The molecule has 0 unspecified atom stereocenters. The summed E-state index contributed by atoms with van der Waals surface area (Å²) in [6.07, 6.45) is 1.53. The number of hydrogen-bond acceptors (Lipinski definition) is 5. The lowest BCUT2D eigenvalue weighted by Crippen LogP contribution is -2.40. The number of imide groups is 1. The van der Waals surface area contributed by atoms with Gasteiger partial charge in [0.1, 0.15) is 5.60 Å². The zero-order valence-corrected chi connectivity index (χ0v) is 16.4. The molecule has 2 amide bonds. The van der Waals surface area contributed by atoms with E-state index >= 15 is 0 Å². The van der Waals surface area contributed by atoms with Crippen LogP contribution in [0.25, 0.3) is 0 Å². The number of hydrogen-bond donors (Lipinski definition) is 1. The highest BCUT2D eigenvalue weighted by Crippen LogP contribution is 2.13. The van der Waals surface area contributed by atoms with Crippen LogP contribution in [-0.4, -0.2) is 39.3 Å². The fourth-order valence-electron chi connectivity index (χ4n) is 2.25.